The van der Waals surface area contributed by atoms with Crippen LogP contribution in [0, 0.1) is 0 Å². The Labute approximate surface area is 133 Å². The lowest BCUT2D eigenvalue weighted by atomic mass is 10.4. The molecule has 0 saturated carbocycles. The van der Waals surface area contributed by atoms with E-state index in [1.165, 1.54) is 21.2 Å². The summed E-state index contributed by atoms with van der Waals surface area (Å²) in [4.78, 5) is 0. The summed E-state index contributed by atoms with van der Waals surface area (Å²) >= 11 is 0. The third-order valence-corrected chi connectivity index (χ3v) is 8.37. The van der Waals surface area contributed by atoms with Gasteiger partial charge in [0, 0.05) is 0 Å². The van der Waals surface area contributed by atoms with Crippen LogP contribution in [-0.2, 0) is 0 Å². The minimum atomic E-state index is -1.82. The van der Waals surface area contributed by atoms with Crippen LogP contribution in [0.3, 0.4) is 0 Å². The average Bonchev–Trinajstić information content (AvgIpc) is 2.58. The van der Waals surface area contributed by atoms with E-state index in [9.17, 15) is 0 Å². The first-order chi connectivity index (χ1) is 10.8. The molecule has 0 N–H and O–H groups in total. The normalized spacial score (nSPS) is 11.1. The Morgan fingerprint density at radius 1 is 0.591 bits per heavy atom. The fourth-order valence-corrected chi connectivity index (χ4v) is 7.14. The minimum Gasteiger partial charge on any atom is -0.0620 e. The second-order valence-corrected chi connectivity index (χ2v) is 9.07. The Bertz CT molecular complexity index is 649. The molecule has 0 saturated heterocycles. The van der Waals surface area contributed by atoms with Gasteiger partial charge in [0.1, 0.15) is 23.2 Å². The largest absolute Gasteiger partial charge is 0.139 e. The zero-order valence-corrected chi connectivity index (χ0v) is 13.7. The third-order valence-electron chi connectivity index (χ3n) is 4.00. The fourth-order valence-electron chi connectivity index (χ4n) is 3.06. The van der Waals surface area contributed by atoms with Crippen molar-refractivity contribution < 1.29 is 0 Å². The lowest BCUT2D eigenvalue weighted by molar-refractivity contribution is 1.65. The van der Waals surface area contributed by atoms with Crippen molar-refractivity contribution in [3.05, 3.63) is 103 Å². The van der Waals surface area contributed by atoms with Crippen molar-refractivity contribution in [3.63, 3.8) is 0 Å². The number of allylic oxidation sites excluding steroid dienone is 1. The molecule has 0 amide bonds. The molecule has 3 aromatic carbocycles. The first kappa shape index (κ1) is 14.8. The summed E-state index contributed by atoms with van der Waals surface area (Å²) in [5, 5.41) is 5.32. The molecule has 0 unspecified atom stereocenters. The summed E-state index contributed by atoms with van der Waals surface area (Å²) in [6, 6.07) is 32.4. The second-order valence-electron chi connectivity index (χ2n) is 5.41. The molecule has 0 aliphatic carbocycles. The topological polar surface area (TPSA) is 0 Å². The van der Waals surface area contributed by atoms with Gasteiger partial charge in [-0.05, 0) is 43.3 Å². The summed E-state index contributed by atoms with van der Waals surface area (Å²) < 4.78 is 0. The van der Waals surface area contributed by atoms with Crippen LogP contribution in [0.1, 0.15) is 6.92 Å². The van der Waals surface area contributed by atoms with Gasteiger partial charge >= 0.3 is 0 Å². The monoisotopic (exact) mass is 303 g/mol. The SMILES string of the molecule is C=C(C)[P+](c1ccccc1)(c1ccccc1)c1ccccc1. The molecule has 0 fully saturated rings. The lowest BCUT2D eigenvalue weighted by Crippen LogP contribution is -2.31. The van der Waals surface area contributed by atoms with Crippen LogP contribution in [-0.4, -0.2) is 0 Å². The molecule has 108 valence electrons. The van der Waals surface area contributed by atoms with Gasteiger partial charge in [0.25, 0.3) is 0 Å². The Morgan fingerprint density at radius 3 is 1.09 bits per heavy atom. The van der Waals surface area contributed by atoms with Gasteiger partial charge in [-0.1, -0.05) is 61.2 Å². The molecule has 0 aliphatic heterocycles. The van der Waals surface area contributed by atoms with Gasteiger partial charge in [-0.15, -0.1) is 0 Å². The molecular weight excluding hydrogens is 283 g/mol. The van der Waals surface area contributed by atoms with Crippen LogP contribution in [0.25, 0.3) is 0 Å². The number of hydrogen-bond donors (Lipinski definition) is 0. The third kappa shape index (κ3) is 2.40. The first-order valence-corrected chi connectivity index (χ1v) is 9.27. The predicted molar refractivity (Wildman–Crippen MR) is 100.0 cm³/mol. The van der Waals surface area contributed by atoms with Gasteiger partial charge in [0.15, 0.2) is 0 Å². The molecule has 0 bridgehead atoms. The molecule has 3 rings (SSSR count). The summed E-state index contributed by atoms with van der Waals surface area (Å²) in [5.74, 6) is 0. The summed E-state index contributed by atoms with van der Waals surface area (Å²) in [7, 11) is -1.82. The van der Waals surface area contributed by atoms with Crippen LogP contribution in [0.2, 0.25) is 0 Å². The molecule has 0 heterocycles. The first-order valence-electron chi connectivity index (χ1n) is 7.48. The summed E-state index contributed by atoms with van der Waals surface area (Å²) in [5.41, 5.74) is 0. The Kier molecular flexibility index (Phi) is 4.22. The van der Waals surface area contributed by atoms with E-state index in [4.69, 9.17) is 0 Å². The highest BCUT2D eigenvalue weighted by Gasteiger charge is 2.46. The average molecular weight is 303 g/mol. The Balaban J connectivity index is 2.37. The lowest BCUT2D eigenvalue weighted by Gasteiger charge is -2.27. The predicted octanol–water partition coefficient (Wildman–Crippen LogP) is 4.51. The number of rotatable bonds is 4. The van der Waals surface area contributed by atoms with Crippen LogP contribution in [0.15, 0.2) is 103 Å². The van der Waals surface area contributed by atoms with Crippen molar-refractivity contribution in [2.45, 2.75) is 6.92 Å². The molecule has 22 heavy (non-hydrogen) atoms. The van der Waals surface area contributed by atoms with Crippen molar-refractivity contribution in [3.8, 4) is 0 Å². The van der Waals surface area contributed by atoms with E-state index in [2.05, 4.69) is 104 Å². The highest BCUT2D eigenvalue weighted by atomic mass is 31.2. The molecule has 3 aromatic rings. The Hall–Kier alpha value is -2.17. The summed E-state index contributed by atoms with van der Waals surface area (Å²) in [6.07, 6.45) is 0. The van der Waals surface area contributed by atoms with Gasteiger partial charge in [-0.2, -0.15) is 0 Å². The quantitative estimate of drug-likeness (QED) is 0.622. The van der Waals surface area contributed by atoms with E-state index in [0.717, 1.165) is 0 Å². The van der Waals surface area contributed by atoms with E-state index < -0.39 is 7.26 Å². The minimum absolute atomic E-state index is 1.23. The van der Waals surface area contributed by atoms with Crippen molar-refractivity contribution >= 4 is 23.2 Å². The van der Waals surface area contributed by atoms with Crippen LogP contribution in [0.5, 0.6) is 0 Å². The number of hydrogen-bond acceptors (Lipinski definition) is 0. The standard InChI is InChI=1S/C21H20P/c1-18(2)22(19-12-6-3-7-13-19,20-14-8-4-9-15-20)21-16-10-5-11-17-21/h3-17H,1H2,2H3/q+1. The van der Waals surface area contributed by atoms with E-state index in [1.54, 1.807) is 0 Å². The van der Waals surface area contributed by atoms with Gasteiger partial charge in [-0.3, -0.25) is 0 Å². The zero-order valence-electron chi connectivity index (χ0n) is 12.8. The van der Waals surface area contributed by atoms with Crippen molar-refractivity contribution in [1.82, 2.24) is 0 Å². The molecule has 0 nitrogen and oxygen atoms in total. The van der Waals surface area contributed by atoms with E-state index in [0.29, 0.717) is 0 Å². The van der Waals surface area contributed by atoms with E-state index >= 15 is 0 Å². The summed E-state index contributed by atoms with van der Waals surface area (Å²) in [6.45, 7) is 6.57. The van der Waals surface area contributed by atoms with E-state index in [1.807, 2.05) is 0 Å². The molecule has 1 heteroatoms. The molecule has 0 aliphatic rings. The van der Waals surface area contributed by atoms with Crippen LogP contribution < -0.4 is 15.9 Å². The van der Waals surface area contributed by atoms with Crippen molar-refractivity contribution in [2.24, 2.45) is 0 Å². The smallest absolute Gasteiger partial charge is 0.0620 e. The maximum Gasteiger partial charge on any atom is 0.139 e. The van der Waals surface area contributed by atoms with Crippen molar-refractivity contribution in [2.75, 3.05) is 0 Å². The highest BCUT2D eigenvalue weighted by Crippen LogP contribution is 2.61. The number of benzene rings is 3. The molecule has 0 radical (unpaired) electrons. The fraction of sp³-hybridized carbons (Fsp3) is 0.0476. The van der Waals surface area contributed by atoms with Gasteiger partial charge < -0.3 is 0 Å². The zero-order chi connectivity index (χ0) is 15.4. The second kappa shape index (κ2) is 6.30. The van der Waals surface area contributed by atoms with E-state index in [-0.39, 0.29) is 0 Å². The molecule has 0 atom stereocenters. The van der Waals surface area contributed by atoms with Crippen LogP contribution in [0.4, 0.5) is 0 Å². The van der Waals surface area contributed by atoms with Gasteiger partial charge in [-0.25, -0.2) is 0 Å². The maximum absolute atomic E-state index is 4.41. The molecular formula is C21H20P+. The van der Waals surface area contributed by atoms with Gasteiger partial charge in [0.2, 0.25) is 0 Å². The van der Waals surface area contributed by atoms with Gasteiger partial charge in [0.05, 0.1) is 5.31 Å². The Morgan fingerprint density at radius 2 is 0.864 bits per heavy atom. The molecule has 0 spiro atoms. The highest BCUT2D eigenvalue weighted by molar-refractivity contribution is 7.98. The van der Waals surface area contributed by atoms with Crippen molar-refractivity contribution in [1.29, 1.82) is 0 Å². The molecule has 0 aromatic heterocycles. The van der Waals surface area contributed by atoms with Crippen LogP contribution >= 0.6 is 7.26 Å². The maximum atomic E-state index is 4.41.